The van der Waals surface area contributed by atoms with Crippen LogP contribution in [0.15, 0.2) is 24.3 Å². The number of piperazine rings is 1. The highest BCUT2D eigenvalue weighted by atomic mass is 19.1. The van der Waals surface area contributed by atoms with Gasteiger partial charge in [-0.1, -0.05) is 26.0 Å². The molecule has 0 aromatic heterocycles. The maximum atomic E-state index is 13.8. The fourth-order valence-corrected chi connectivity index (χ4v) is 3.49. The van der Waals surface area contributed by atoms with Crippen molar-refractivity contribution < 1.29 is 4.39 Å². The maximum Gasteiger partial charge on any atom is 0.146 e. The molecule has 0 unspecified atom stereocenters. The van der Waals surface area contributed by atoms with Gasteiger partial charge in [-0.15, -0.1) is 0 Å². The Kier molecular flexibility index (Phi) is 7.31. The van der Waals surface area contributed by atoms with Crippen LogP contribution < -0.4 is 4.90 Å². The molecule has 0 atom stereocenters. The molecule has 4 heteroatoms. The Morgan fingerprint density at radius 2 is 1.57 bits per heavy atom. The molecule has 0 N–H and O–H groups in total. The van der Waals surface area contributed by atoms with Crippen LogP contribution in [-0.4, -0.2) is 62.7 Å². The van der Waals surface area contributed by atoms with Crippen LogP contribution in [-0.2, 0) is 0 Å². The minimum atomic E-state index is -0.0960. The number of halogens is 1. The van der Waals surface area contributed by atoms with Crippen LogP contribution in [0.1, 0.15) is 26.7 Å². The minimum Gasteiger partial charge on any atom is -0.367 e. The minimum absolute atomic E-state index is 0.0960. The Labute approximate surface area is 141 Å². The monoisotopic (exact) mass is 321 g/mol. The molecule has 0 spiro atoms. The van der Waals surface area contributed by atoms with Crippen molar-refractivity contribution in [3.8, 4) is 0 Å². The summed E-state index contributed by atoms with van der Waals surface area (Å²) in [4.78, 5) is 7.17. The molecular formula is C19H32FN3. The van der Waals surface area contributed by atoms with E-state index in [1.165, 1.54) is 32.5 Å². The molecule has 0 bridgehead atoms. The van der Waals surface area contributed by atoms with Crippen LogP contribution >= 0.6 is 0 Å². The molecule has 2 fully saturated rings. The Bertz CT molecular complexity index is 450. The number of rotatable bonds is 3. The van der Waals surface area contributed by atoms with Gasteiger partial charge in [-0.25, -0.2) is 4.39 Å². The lowest BCUT2D eigenvalue weighted by atomic mass is 9.96. The lowest BCUT2D eigenvalue weighted by Crippen LogP contribution is -2.49. The molecule has 2 aliphatic heterocycles. The zero-order chi connectivity index (χ0) is 16.7. The summed E-state index contributed by atoms with van der Waals surface area (Å²) in [7, 11) is 2.21. The number of hydrogen-bond acceptors (Lipinski definition) is 3. The van der Waals surface area contributed by atoms with E-state index in [1.807, 2.05) is 26.0 Å². The van der Waals surface area contributed by atoms with Crippen molar-refractivity contribution in [1.29, 1.82) is 0 Å². The largest absolute Gasteiger partial charge is 0.367 e. The van der Waals surface area contributed by atoms with Crippen molar-refractivity contribution in [2.45, 2.75) is 26.7 Å². The van der Waals surface area contributed by atoms with Crippen LogP contribution in [0.4, 0.5) is 10.1 Å². The summed E-state index contributed by atoms with van der Waals surface area (Å²) in [5.74, 6) is 0.752. The number of nitrogens with zero attached hydrogens (tertiary/aromatic N) is 3. The molecular weight excluding hydrogens is 289 g/mol. The molecule has 3 rings (SSSR count). The first kappa shape index (κ1) is 18.2. The summed E-state index contributed by atoms with van der Waals surface area (Å²) in [5, 5.41) is 0. The van der Waals surface area contributed by atoms with Gasteiger partial charge in [0.15, 0.2) is 0 Å². The normalized spacial score (nSPS) is 21.0. The molecule has 2 heterocycles. The number of anilines is 1. The molecule has 2 saturated heterocycles. The van der Waals surface area contributed by atoms with Crippen LogP contribution in [0.3, 0.4) is 0 Å². The van der Waals surface area contributed by atoms with E-state index < -0.39 is 0 Å². The third-order valence-electron chi connectivity index (χ3n) is 4.92. The van der Waals surface area contributed by atoms with E-state index in [9.17, 15) is 4.39 Å². The highest BCUT2D eigenvalue weighted by molar-refractivity contribution is 5.47. The van der Waals surface area contributed by atoms with Gasteiger partial charge < -0.3 is 9.80 Å². The van der Waals surface area contributed by atoms with Gasteiger partial charge in [-0.05, 0) is 51.0 Å². The van der Waals surface area contributed by atoms with E-state index in [0.717, 1.165) is 37.8 Å². The van der Waals surface area contributed by atoms with Gasteiger partial charge >= 0.3 is 0 Å². The van der Waals surface area contributed by atoms with Gasteiger partial charge in [-0.3, -0.25) is 4.90 Å². The number of piperidine rings is 1. The van der Waals surface area contributed by atoms with Crippen molar-refractivity contribution in [1.82, 2.24) is 9.80 Å². The topological polar surface area (TPSA) is 9.72 Å². The fraction of sp³-hybridized carbons (Fsp3) is 0.684. The number of hydrogen-bond donors (Lipinski definition) is 0. The molecule has 0 amide bonds. The van der Waals surface area contributed by atoms with Gasteiger partial charge in [0, 0.05) is 32.7 Å². The number of para-hydroxylation sites is 1. The van der Waals surface area contributed by atoms with Crippen molar-refractivity contribution in [2.75, 3.05) is 57.8 Å². The molecule has 1 aromatic rings. The van der Waals surface area contributed by atoms with Gasteiger partial charge in [0.05, 0.1) is 5.69 Å². The molecule has 3 nitrogen and oxygen atoms in total. The van der Waals surface area contributed by atoms with E-state index in [1.54, 1.807) is 12.1 Å². The van der Waals surface area contributed by atoms with Gasteiger partial charge in [0.2, 0.25) is 0 Å². The first-order valence-corrected chi connectivity index (χ1v) is 9.13. The smallest absolute Gasteiger partial charge is 0.146 e. The van der Waals surface area contributed by atoms with E-state index >= 15 is 0 Å². The summed E-state index contributed by atoms with van der Waals surface area (Å²) in [6, 6.07) is 7.13. The summed E-state index contributed by atoms with van der Waals surface area (Å²) < 4.78 is 13.8. The lowest BCUT2D eigenvalue weighted by molar-refractivity contribution is 0.155. The van der Waals surface area contributed by atoms with Crippen molar-refractivity contribution in [3.63, 3.8) is 0 Å². The Morgan fingerprint density at radius 1 is 0.957 bits per heavy atom. The Balaban J connectivity index is 0.000000924. The third-order valence-corrected chi connectivity index (χ3v) is 4.92. The molecule has 23 heavy (non-hydrogen) atoms. The van der Waals surface area contributed by atoms with Gasteiger partial charge in [-0.2, -0.15) is 0 Å². The number of benzene rings is 1. The molecule has 130 valence electrons. The van der Waals surface area contributed by atoms with E-state index in [2.05, 4.69) is 21.7 Å². The summed E-state index contributed by atoms with van der Waals surface area (Å²) in [6.45, 7) is 11.7. The summed E-state index contributed by atoms with van der Waals surface area (Å²) >= 11 is 0. The van der Waals surface area contributed by atoms with Crippen LogP contribution in [0.2, 0.25) is 0 Å². The lowest BCUT2D eigenvalue weighted by Gasteiger charge is -2.39. The second-order valence-corrected chi connectivity index (χ2v) is 6.49. The predicted molar refractivity (Wildman–Crippen MR) is 96.6 cm³/mol. The van der Waals surface area contributed by atoms with Crippen LogP contribution in [0, 0.1) is 11.7 Å². The van der Waals surface area contributed by atoms with Crippen molar-refractivity contribution in [2.24, 2.45) is 5.92 Å². The van der Waals surface area contributed by atoms with Crippen molar-refractivity contribution in [3.05, 3.63) is 30.1 Å². The summed E-state index contributed by atoms with van der Waals surface area (Å²) in [6.07, 6.45) is 2.65. The molecule has 0 aliphatic carbocycles. The second kappa shape index (κ2) is 9.24. The van der Waals surface area contributed by atoms with Crippen LogP contribution in [0.5, 0.6) is 0 Å². The Morgan fingerprint density at radius 3 is 2.17 bits per heavy atom. The number of likely N-dealkylation sites (tertiary alicyclic amines) is 1. The standard InChI is InChI=1S/C17H26FN3.C2H6/c1-19-8-6-15(7-9-19)14-20-10-12-21(13-11-20)17-5-3-2-4-16(17)18;1-2/h2-5,15H,6-14H2,1H3;1-2H3. The highest BCUT2D eigenvalue weighted by Gasteiger charge is 2.23. The SMILES string of the molecule is CC.CN1CCC(CN2CCN(c3ccccc3F)CC2)CC1. The second-order valence-electron chi connectivity index (χ2n) is 6.49. The zero-order valence-corrected chi connectivity index (χ0v) is 15.0. The average molecular weight is 321 g/mol. The zero-order valence-electron chi connectivity index (χ0n) is 15.0. The highest BCUT2D eigenvalue weighted by Crippen LogP contribution is 2.22. The quantitative estimate of drug-likeness (QED) is 0.845. The molecule has 0 radical (unpaired) electrons. The van der Waals surface area contributed by atoms with Crippen molar-refractivity contribution >= 4 is 5.69 Å². The first-order chi connectivity index (χ1) is 11.2. The van der Waals surface area contributed by atoms with Crippen LogP contribution in [0.25, 0.3) is 0 Å². The first-order valence-electron chi connectivity index (χ1n) is 9.13. The molecule has 2 aliphatic rings. The van der Waals surface area contributed by atoms with E-state index in [0.29, 0.717) is 0 Å². The van der Waals surface area contributed by atoms with Gasteiger partial charge in [0.1, 0.15) is 5.82 Å². The Hall–Kier alpha value is -1.13. The third kappa shape index (κ3) is 5.18. The average Bonchev–Trinajstić information content (AvgIpc) is 2.60. The van der Waals surface area contributed by atoms with Gasteiger partial charge in [0.25, 0.3) is 0 Å². The molecule has 1 aromatic carbocycles. The maximum absolute atomic E-state index is 13.8. The fourth-order valence-electron chi connectivity index (χ4n) is 3.49. The van der Waals surface area contributed by atoms with E-state index in [-0.39, 0.29) is 5.82 Å². The molecule has 0 saturated carbocycles. The summed E-state index contributed by atoms with van der Waals surface area (Å²) in [5.41, 5.74) is 0.761. The van der Waals surface area contributed by atoms with E-state index in [4.69, 9.17) is 0 Å². The predicted octanol–water partition coefficient (Wildman–Crippen LogP) is 3.32.